The zero-order valence-corrected chi connectivity index (χ0v) is 12.9. The van der Waals surface area contributed by atoms with Gasteiger partial charge in [0.05, 0.1) is 0 Å². The Morgan fingerprint density at radius 1 is 1.10 bits per heavy atom. The number of carbonyl (C=O) groups is 2. The molecule has 1 fully saturated rings. The average molecular weight is 287 g/mol. The van der Waals surface area contributed by atoms with Gasteiger partial charge in [0, 0.05) is 18.5 Å². The summed E-state index contributed by atoms with van der Waals surface area (Å²) < 4.78 is 0. The van der Waals surface area contributed by atoms with Crippen LogP contribution in [-0.4, -0.2) is 23.3 Å². The molecular formula is C18H25NO2. The second-order valence-electron chi connectivity index (χ2n) is 5.82. The van der Waals surface area contributed by atoms with E-state index in [0.717, 1.165) is 25.7 Å². The molecule has 114 valence electrons. The maximum Gasteiger partial charge on any atom is 0.260 e. The molecule has 0 bridgehead atoms. The summed E-state index contributed by atoms with van der Waals surface area (Å²) in [4.78, 5) is 25.8. The number of benzene rings is 1. The van der Waals surface area contributed by atoms with Crippen molar-refractivity contribution in [3.8, 4) is 0 Å². The van der Waals surface area contributed by atoms with E-state index in [-0.39, 0.29) is 11.8 Å². The molecule has 0 spiro atoms. The third-order valence-electron chi connectivity index (χ3n) is 4.09. The molecule has 1 heterocycles. The largest absolute Gasteiger partial charge is 0.279 e. The highest BCUT2D eigenvalue weighted by Crippen LogP contribution is 2.16. The van der Waals surface area contributed by atoms with E-state index in [1.807, 2.05) is 24.3 Å². The zero-order valence-electron chi connectivity index (χ0n) is 12.9. The topological polar surface area (TPSA) is 37.4 Å². The summed E-state index contributed by atoms with van der Waals surface area (Å²) in [5.74, 6) is -0.161. The molecule has 0 aromatic heterocycles. The van der Waals surface area contributed by atoms with Gasteiger partial charge < -0.3 is 0 Å². The molecule has 3 nitrogen and oxygen atoms in total. The second kappa shape index (κ2) is 7.96. The molecule has 2 amide bonds. The van der Waals surface area contributed by atoms with Gasteiger partial charge in [-0.2, -0.15) is 0 Å². The van der Waals surface area contributed by atoms with Crippen LogP contribution in [0.1, 0.15) is 67.8 Å². The normalized spacial score (nSPS) is 15.9. The quantitative estimate of drug-likeness (QED) is 0.607. The summed E-state index contributed by atoms with van der Waals surface area (Å²) in [7, 11) is 0. The summed E-state index contributed by atoms with van der Waals surface area (Å²) >= 11 is 0. The highest BCUT2D eigenvalue weighted by molar-refractivity contribution is 6.04. The molecule has 0 unspecified atom stereocenters. The minimum absolute atomic E-state index is 0.0236. The minimum atomic E-state index is -0.137. The number of likely N-dealkylation sites (tertiary alicyclic amines) is 1. The summed E-state index contributed by atoms with van der Waals surface area (Å²) in [5, 5.41) is 0. The standard InChI is InChI=1S/C18H25NO2/c1-2-3-5-8-15-10-12-16(13-11-15)18(21)19-14-7-4-6-9-17(19)20/h10-13H,2-9,14H2,1H3. The Kier molecular flexibility index (Phi) is 5.97. The molecule has 1 aromatic rings. The molecule has 2 rings (SSSR count). The maximum absolute atomic E-state index is 12.4. The van der Waals surface area contributed by atoms with Crippen LogP contribution in [-0.2, 0) is 11.2 Å². The van der Waals surface area contributed by atoms with Gasteiger partial charge in [-0.15, -0.1) is 0 Å². The number of nitrogens with zero attached hydrogens (tertiary/aromatic N) is 1. The van der Waals surface area contributed by atoms with Crippen molar-refractivity contribution >= 4 is 11.8 Å². The number of rotatable bonds is 5. The summed E-state index contributed by atoms with van der Waals surface area (Å²) in [6, 6.07) is 7.76. The summed E-state index contributed by atoms with van der Waals surface area (Å²) in [5.41, 5.74) is 1.90. The Balaban J connectivity index is 2.00. The third-order valence-corrected chi connectivity index (χ3v) is 4.09. The molecule has 0 N–H and O–H groups in total. The van der Waals surface area contributed by atoms with Crippen molar-refractivity contribution in [2.45, 2.75) is 58.3 Å². The lowest BCUT2D eigenvalue weighted by Gasteiger charge is -2.18. The van der Waals surface area contributed by atoms with Gasteiger partial charge in [0.25, 0.3) is 5.91 Å². The molecule has 0 aliphatic carbocycles. The van der Waals surface area contributed by atoms with E-state index in [0.29, 0.717) is 18.5 Å². The van der Waals surface area contributed by atoms with Crippen LogP contribution in [0.15, 0.2) is 24.3 Å². The Hall–Kier alpha value is -1.64. The van der Waals surface area contributed by atoms with Gasteiger partial charge in [-0.1, -0.05) is 38.3 Å². The minimum Gasteiger partial charge on any atom is -0.279 e. The predicted octanol–water partition coefficient (Wildman–Crippen LogP) is 3.96. The first-order valence-electron chi connectivity index (χ1n) is 8.16. The molecule has 1 saturated heterocycles. The maximum atomic E-state index is 12.4. The molecule has 1 aliphatic heterocycles. The van der Waals surface area contributed by atoms with E-state index in [2.05, 4.69) is 6.92 Å². The summed E-state index contributed by atoms with van der Waals surface area (Å²) in [6.45, 7) is 2.76. The number of hydrogen-bond acceptors (Lipinski definition) is 2. The number of hydrogen-bond donors (Lipinski definition) is 0. The van der Waals surface area contributed by atoms with Crippen LogP contribution in [0.2, 0.25) is 0 Å². The fourth-order valence-electron chi connectivity index (χ4n) is 2.75. The fraction of sp³-hybridized carbons (Fsp3) is 0.556. The van der Waals surface area contributed by atoms with E-state index in [1.54, 1.807) is 0 Å². The van der Waals surface area contributed by atoms with Gasteiger partial charge in [0.1, 0.15) is 0 Å². The SMILES string of the molecule is CCCCCc1ccc(C(=O)N2CCCCCC2=O)cc1. The second-order valence-corrected chi connectivity index (χ2v) is 5.82. The van der Waals surface area contributed by atoms with Gasteiger partial charge in [-0.3, -0.25) is 14.5 Å². The molecule has 0 atom stereocenters. The number of amides is 2. The Morgan fingerprint density at radius 3 is 2.57 bits per heavy atom. The van der Waals surface area contributed by atoms with Gasteiger partial charge in [-0.25, -0.2) is 0 Å². The van der Waals surface area contributed by atoms with Crippen LogP contribution >= 0.6 is 0 Å². The first-order chi connectivity index (χ1) is 10.2. The first kappa shape index (κ1) is 15.7. The van der Waals surface area contributed by atoms with E-state index >= 15 is 0 Å². The Labute approximate surface area is 127 Å². The van der Waals surface area contributed by atoms with Crippen molar-refractivity contribution in [2.75, 3.05) is 6.54 Å². The predicted molar refractivity (Wildman–Crippen MR) is 84.2 cm³/mol. The molecule has 21 heavy (non-hydrogen) atoms. The highest BCUT2D eigenvalue weighted by atomic mass is 16.2. The van der Waals surface area contributed by atoms with Crippen LogP contribution in [0.3, 0.4) is 0 Å². The molecule has 0 saturated carbocycles. The van der Waals surface area contributed by atoms with Crippen LogP contribution < -0.4 is 0 Å². The number of carbonyl (C=O) groups excluding carboxylic acids is 2. The van der Waals surface area contributed by atoms with Crippen LogP contribution in [0, 0.1) is 0 Å². The first-order valence-corrected chi connectivity index (χ1v) is 8.16. The molecule has 3 heteroatoms. The van der Waals surface area contributed by atoms with Crippen LogP contribution in [0.25, 0.3) is 0 Å². The molecule has 1 aromatic carbocycles. The van der Waals surface area contributed by atoms with E-state index < -0.39 is 0 Å². The van der Waals surface area contributed by atoms with Gasteiger partial charge in [-0.05, 0) is 43.4 Å². The molecule has 0 radical (unpaired) electrons. The monoisotopic (exact) mass is 287 g/mol. The van der Waals surface area contributed by atoms with E-state index in [4.69, 9.17) is 0 Å². The third kappa shape index (κ3) is 4.42. The smallest absolute Gasteiger partial charge is 0.260 e. The molecule has 1 aliphatic rings. The van der Waals surface area contributed by atoms with Gasteiger partial charge in [0.15, 0.2) is 0 Å². The zero-order chi connectivity index (χ0) is 15.1. The van der Waals surface area contributed by atoms with Crippen LogP contribution in [0.5, 0.6) is 0 Å². The van der Waals surface area contributed by atoms with Gasteiger partial charge >= 0.3 is 0 Å². The van der Waals surface area contributed by atoms with Crippen molar-refractivity contribution in [2.24, 2.45) is 0 Å². The Bertz CT molecular complexity index is 478. The van der Waals surface area contributed by atoms with Crippen molar-refractivity contribution < 1.29 is 9.59 Å². The van der Waals surface area contributed by atoms with E-state index in [9.17, 15) is 9.59 Å². The van der Waals surface area contributed by atoms with Crippen LogP contribution in [0.4, 0.5) is 0 Å². The van der Waals surface area contributed by atoms with Crippen molar-refractivity contribution in [3.63, 3.8) is 0 Å². The number of aryl methyl sites for hydroxylation is 1. The van der Waals surface area contributed by atoms with Crippen molar-refractivity contribution in [3.05, 3.63) is 35.4 Å². The van der Waals surface area contributed by atoms with Crippen molar-refractivity contribution in [1.82, 2.24) is 4.90 Å². The summed E-state index contributed by atoms with van der Waals surface area (Å²) in [6.07, 6.45) is 8.06. The number of unbranched alkanes of at least 4 members (excludes halogenated alkanes) is 2. The lowest BCUT2D eigenvalue weighted by molar-refractivity contribution is -0.128. The van der Waals surface area contributed by atoms with E-state index in [1.165, 1.54) is 29.7 Å². The lowest BCUT2D eigenvalue weighted by Crippen LogP contribution is -2.36. The van der Waals surface area contributed by atoms with Gasteiger partial charge in [0.2, 0.25) is 5.91 Å². The average Bonchev–Trinajstić information content (AvgIpc) is 2.72. The fourth-order valence-corrected chi connectivity index (χ4v) is 2.75. The highest BCUT2D eigenvalue weighted by Gasteiger charge is 2.23. The lowest BCUT2D eigenvalue weighted by atomic mass is 10.0. The number of imide groups is 1. The Morgan fingerprint density at radius 2 is 1.86 bits per heavy atom. The molecular weight excluding hydrogens is 262 g/mol. The van der Waals surface area contributed by atoms with Crippen molar-refractivity contribution in [1.29, 1.82) is 0 Å².